The number of nitrogens with zero attached hydrogens (tertiary/aromatic N) is 2. The van der Waals surface area contributed by atoms with Crippen LogP contribution in [0.15, 0.2) is 48.7 Å². The zero-order valence-corrected chi connectivity index (χ0v) is 16.7. The average molecular weight is 390 g/mol. The summed E-state index contributed by atoms with van der Waals surface area (Å²) in [7, 11) is 1.39. The molecule has 1 saturated heterocycles. The van der Waals surface area contributed by atoms with E-state index >= 15 is 0 Å². The number of carbonyl (C=O) groups excluding carboxylic acids is 1. The fourth-order valence-electron chi connectivity index (χ4n) is 4.68. The molecular weight excluding hydrogens is 364 g/mol. The fourth-order valence-corrected chi connectivity index (χ4v) is 4.68. The maximum absolute atomic E-state index is 11.6. The second-order valence-electron chi connectivity index (χ2n) is 8.25. The summed E-state index contributed by atoms with van der Waals surface area (Å²) in [5.74, 6) is 0.0366. The maximum Gasteiger partial charge on any atom is 0.337 e. The van der Waals surface area contributed by atoms with E-state index in [0.29, 0.717) is 17.5 Å². The van der Waals surface area contributed by atoms with Crippen LogP contribution in [0, 0.1) is 0 Å². The Hall–Kier alpha value is -2.79. The van der Waals surface area contributed by atoms with Gasteiger partial charge in [0.25, 0.3) is 0 Å². The summed E-state index contributed by atoms with van der Waals surface area (Å²) in [6.45, 7) is 2.15. The first kappa shape index (κ1) is 18.3. The number of fused-ring (bicyclic) bond motifs is 1. The Morgan fingerprint density at radius 3 is 2.48 bits per heavy atom. The molecule has 5 rings (SSSR count). The van der Waals surface area contributed by atoms with Crippen LogP contribution in [0.4, 0.5) is 0 Å². The fraction of sp³-hybridized carbons (Fsp3) is 0.375. The number of ether oxygens (including phenoxy) is 1. The lowest BCUT2D eigenvalue weighted by Gasteiger charge is -2.34. The van der Waals surface area contributed by atoms with Crippen LogP contribution in [0.2, 0.25) is 0 Å². The number of hydrogen-bond acceptors (Lipinski definition) is 4. The Labute approximate surface area is 170 Å². The van der Waals surface area contributed by atoms with Gasteiger partial charge in [0.05, 0.1) is 18.7 Å². The summed E-state index contributed by atoms with van der Waals surface area (Å²) in [6, 6.07) is 14.6. The quantitative estimate of drug-likeness (QED) is 0.662. The topological polar surface area (TPSA) is 54.7 Å². The average Bonchev–Trinajstić information content (AvgIpc) is 3.31. The molecule has 3 aromatic rings. The highest BCUT2D eigenvalue weighted by atomic mass is 16.5. The second kappa shape index (κ2) is 7.23. The van der Waals surface area contributed by atoms with Gasteiger partial charge >= 0.3 is 5.97 Å². The monoisotopic (exact) mass is 390 g/mol. The molecule has 1 aliphatic carbocycles. The van der Waals surface area contributed by atoms with Crippen LogP contribution < -0.4 is 0 Å². The number of aromatic hydroxyl groups is 1. The van der Waals surface area contributed by atoms with Gasteiger partial charge in [0, 0.05) is 36.1 Å². The van der Waals surface area contributed by atoms with Crippen molar-refractivity contribution >= 4 is 16.7 Å². The largest absolute Gasteiger partial charge is 0.494 e. The van der Waals surface area contributed by atoms with Crippen molar-refractivity contribution in [2.24, 2.45) is 0 Å². The minimum absolute atomic E-state index is 0.332. The lowest BCUT2D eigenvalue weighted by molar-refractivity contribution is 0.0600. The Balaban J connectivity index is 1.41. The van der Waals surface area contributed by atoms with E-state index in [0.717, 1.165) is 47.5 Å². The van der Waals surface area contributed by atoms with E-state index in [1.165, 1.54) is 26.4 Å². The predicted octanol–water partition coefficient (Wildman–Crippen LogP) is 4.60. The Bertz CT molecular complexity index is 1050. The van der Waals surface area contributed by atoms with E-state index in [9.17, 15) is 9.90 Å². The number of esters is 1. The summed E-state index contributed by atoms with van der Waals surface area (Å²) in [5, 5.41) is 12.8. The third-order valence-electron chi connectivity index (χ3n) is 6.63. The second-order valence-corrected chi connectivity index (χ2v) is 8.25. The molecule has 1 N–H and O–H groups in total. The molecular formula is C24H26N2O3. The van der Waals surface area contributed by atoms with Crippen molar-refractivity contribution in [2.75, 3.05) is 20.2 Å². The lowest BCUT2D eigenvalue weighted by atomic mass is 9.92. The molecule has 1 saturated carbocycles. The van der Waals surface area contributed by atoms with E-state index in [4.69, 9.17) is 4.74 Å². The van der Waals surface area contributed by atoms with Crippen LogP contribution in [-0.4, -0.2) is 46.8 Å². The maximum atomic E-state index is 11.6. The number of rotatable bonds is 4. The molecule has 0 spiro atoms. The summed E-state index contributed by atoms with van der Waals surface area (Å²) in [4.78, 5) is 14.2. The molecule has 0 amide bonds. The SMILES string of the molecule is COC(=O)c1ccc(-c2ccc3c(O)n([C@@H]4CCN(C5CCC5)C4)cc3c2)cc1. The number of aromatic nitrogens is 1. The third kappa shape index (κ3) is 3.19. The van der Waals surface area contributed by atoms with E-state index in [1.807, 2.05) is 24.3 Å². The van der Waals surface area contributed by atoms with Crippen LogP contribution >= 0.6 is 0 Å². The van der Waals surface area contributed by atoms with Crippen molar-refractivity contribution in [1.82, 2.24) is 9.47 Å². The molecule has 0 radical (unpaired) electrons. The van der Waals surface area contributed by atoms with Crippen molar-refractivity contribution in [3.8, 4) is 17.0 Å². The number of carbonyl (C=O) groups is 1. The highest BCUT2D eigenvalue weighted by Gasteiger charge is 2.33. The summed E-state index contributed by atoms with van der Waals surface area (Å²) in [5.41, 5.74) is 2.63. The minimum atomic E-state index is -0.332. The van der Waals surface area contributed by atoms with Crippen LogP contribution in [-0.2, 0) is 4.74 Å². The first-order valence-electron chi connectivity index (χ1n) is 10.4. The highest BCUT2D eigenvalue weighted by molar-refractivity contribution is 5.93. The molecule has 2 heterocycles. The van der Waals surface area contributed by atoms with E-state index in [2.05, 4.69) is 21.7 Å². The molecule has 150 valence electrons. The summed E-state index contributed by atoms with van der Waals surface area (Å²) in [6.07, 6.45) is 7.18. The van der Waals surface area contributed by atoms with Crippen molar-refractivity contribution in [3.63, 3.8) is 0 Å². The van der Waals surface area contributed by atoms with Gasteiger partial charge in [-0.2, -0.15) is 0 Å². The van der Waals surface area contributed by atoms with E-state index in [-0.39, 0.29) is 5.97 Å². The molecule has 1 aromatic heterocycles. The number of hydrogen-bond donors (Lipinski definition) is 1. The first-order chi connectivity index (χ1) is 14.1. The van der Waals surface area contributed by atoms with Crippen LogP contribution in [0.5, 0.6) is 5.88 Å². The van der Waals surface area contributed by atoms with Gasteiger partial charge in [-0.15, -0.1) is 0 Å². The van der Waals surface area contributed by atoms with Gasteiger partial charge in [0.15, 0.2) is 5.88 Å². The van der Waals surface area contributed by atoms with Crippen molar-refractivity contribution in [1.29, 1.82) is 0 Å². The molecule has 0 bridgehead atoms. The molecule has 2 aromatic carbocycles. The number of likely N-dealkylation sites (tertiary alicyclic amines) is 1. The van der Waals surface area contributed by atoms with Gasteiger partial charge in [0.2, 0.25) is 0 Å². The zero-order chi connectivity index (χ0) is 20.0. The highest BCUT2D eigenvalue weighted by Crippen LogP contribution is 2.38. The van der Waals surface area contributed by atoms with E-state index < -0.39 is 0 Å². The smallest absolute Gasteiger partial charge is 0.337 e. The van der Waals surface area contributed by atoms with Crippen molar-refractivity contribution in [3.05, 3.63) is 54.2 Å². The molecule has 5 heteroatoms. The molecule has 1 atom stereocenters. The molecule has 2 fully saturated rings. The number of methoxy groups -OCH3 is 1. The van der Waals surface area contributed by atoms with Crippen LogP contribution in [0.3, 0.4) is 0 Å². The summed E-state index contributed by atoms with van der Waals surface area (Å²) < 4.78 is 6.83. The van der Waals surface area contributed by atoms with Gasteiger partial charge in [-0.1, -0.05) is 24.6 Å². The van der Waals surface area contributed by atoms with Crippen LogP contribution in [0.1, 0.15) is 42.1 Å². The van der Waals surface area contributed by atoms with Gasteiger partial charge in [-0.25, -0.2) is 4.79 Å². The standard InChI is InChI=1S/C24H26N2O3/c1-29-24(28)17-7-5-16(6-8-17)18-9-10-22-19(13-18)14-26(23(22)27)21-11-12-25(15-21)20-3-2-4-20/h5-10,13-14,20-21,27H,2-4,11-12,15H2,1H3/t21-/m1/s1. The molecule has 0 unspecified atom stereocenters. The Morgan fingerprint density at radius 2 is 1.79 bits per heavy atom. The molecule has 1 aliphatic heterocycles. The third-order valence-corrected chi connectivity index (χ3v) is 6.63. The molecule has 29 heavy (non-hydrogen) atoms. The zero-order valence-electron chi connectivity index (χ0n) is 16.7. The molecule has 2 aliphatic rings. The van der Waals surface area contributed by atoms with E-state index in [1.54, 1.807) is 12.1 Å². The van der Waals surface area contributed by atoms with Gasteiger partial charge < -0.3 is 14.4 Å². The number of benzene rings is 2. The van der Waals surface area contributed by atoms with Gasteiger partial charge in [-0.05, 0) is 54.7 Å². The summed E-state index contributed by atoms with van der Waals surface area (Å²) >= 11 is 0. The lowest BCUT2D eigenvalue weighted by Crippen LogP contribution is -2.38. The van der Waals surface area contributed by atoms with Gasteiger partial charge in [-0.3, -0.25) is 4.90 Å². The normalized spacial score (nSPS) is 20.1. The van der Waals surface area contributed by atoms with Crippen LogP contribution in [0.25, 0.3) is 21.9 Å². The Kier molecular flexibility index (Phi) is 4.55. The Morgan fingerprint density at radius 1 is 1.03 bits per heavy atom. The predicted molar refractivity (Wildman–Crippen MR) is 113 cm³/mol. The van der Waals surface area contributed by atoms with Gasteiger partial charge in [0.1, 0.15) is 0 Å². The van der Waals surface area contributed by atoms with Crippen molar-refractivity contribution < 1.29 is 14.6 Å². The van der Waals surface area contributed by atoms with Crippen molar-refractivity contribution in [2.45, 2.75) is 37.8 Å². The first-order valence-corrected chi connectivity index (χ1v) is 10.4. The minimum Gasteiger partial charge on any atom is -0.494 e. The molecule has 5 nitrogen and oxygen atoms in total.